The van der Waals surface area contributed by atoms with Gasteiger partial charge in [0.2, 0.25) is 0 Å². The standard InChI is InChI=1S/C23H15N3O4/c1-15-12-17(26(28)29)6-9-19(15)22-10-7-18(30-22)8-11-23(27)25-14-16(13-24)20-4-2-3-5-21(20)25/h2-12,14H,1H3/b11-8+. The monoisotopic (exact) mass is 397 g/mol. The highest BCUT2D eigenvalue weighted by atomic mass is 16.6. The molecule has 0 aliphatic carbocycles. The predicted octanol–water partition coefficient (Wildman–Crippen LogP) is 5.34. The third kappa shape index (κ3) is 3.38. The summed E-state index contributed by atoms with van der Waals surface area (Å²) in [6, 6.07) is 17.3. The molecule has 0 radical (unpaired) electrons. The van der Waals surface area contributed by atoms with Crippen LogP contribution in [-0.2, 0) is 0 Å². The first-order valence-electron chi connectivity index (χ1n) is 9.06. The quantitative estimate of drug-likeness (QED) is 0.263. The van der Waals surface area contributed by atoms with Crippen molar-refractivity contribution in [3.05, 3.63) is 93.9 Å². The molecule has 0 fully saturated rings. The van der Waals surface area contributed by atoms with Crippen LogP contribution < -0.4 is 0 Å². The number of hydrogen-bond donors (Lipinski definition) is 0. The molecule has 0 N–H and O–H groups in total. The van der Waals surface area contributed by atoms with Gasteiger partial charge in [-0.05, 0) is 42.8 Å². The van der Waals surface area contributed by atoms with Crippen LogP contribution in [0, 0.1) is 28.4 Å². The van der Waals surface area contributed by atoms with E-state index in [1.54, 1.807) is 43.3 Å². The van der Waals surface area contributed by atoms with Gasteiger partial charge in [-0.2, -0.15) is 5.26 Å². The number of aromatic nitrogens is 1. The topological polar surface area (TPSA) is 102 Å². The number of nitriles is 1. The molecule has 0 amide bonds. The molecular formula is C23H15N3O4. The molecule has 7 heteroatoms. The van der Waals surface area contributed by atoms with Crippen LogP contribution in [0.25, 0.3) is 28.3 Å². The van der Waals surface area contributed by atoms with E-state index in [0.29, 0.717) is 28.2 Å². The van der Waals surface area contributed by atoms with Crippen molar-refractivity contribution in [2.75, 3.05) is 0 Å². The van der Waals surface area contributed by atoms with E-state index in [1.165, 1.54) is 29.0 Å². The van der Waals surface area contributed by atoms with Crippen LogP contribution in [0.4, 0.5) is 5.69 Å². The number of hydrogen-bond acceptors (Lipinski definition) is 5. The van der Waals surface area contributed by atoms with Crippen molar-refractivity contribution in [2.24, 2.45) is 0 Å². The summed E-state index contributed by atoms with van der Waals surface area (Å²) >= 11 is 0. The van der Waals surface area contributed by atoms with Crippen LogP contribution in [0.15, 0.2) is 71.3 Å². The minimum atomic E-state index is -0.443. The first-order chi connectivity index (χ1) is 14.5. The van der Waals surface area contributed by atoms with E-state index < -0.39 is 4.92 Å². The highest BCUT2D eigenvalue weighted by Gasteiger charge is 2.13. The Hall–Kier alpha value is -4.44. The van der Waals surface area contributed by atoms with Crippen molar-refractivity contribution < 1.29 is 14.1 Å². The molecule has 0 atom stereocenters. The van der Waals surface area contributed by atoms with Crippen molar-refractivity contribution in [3.63, 3.8) is 0 Å². The maximum atomic E-state index is 12.7. The Morgan fingerprint density at radius 3 is 2.73 bits per heavy atom. The zero-order chi connectivity index (χ0) is 21.3. The zero-order valence-corrected chi connectivity index (χ0v) is 15.9. The molecular weight excluding hydrogens is 382 g/mol. The molecule has 4 aromatic rings. The Labute approximate surface area is 171 Å². The van der Waals surface area contributed by atoms with Gasteiger partial charge in [-0.15, -0.1) is 0 Å². The molecule has 0 aliphatic rings. The van der Waals surface area contributed by atoms with Crippen molar-refractivity contribution in [1.82, 2.24) is 4.57 Å². The van der Waals surface area contributed by atoms with Gasteiger partial charge in [0.15, 0.2) is 0 Å². The van der Waals surface area contributed by atoms with E-state index in [4.69, 9.17) is 4.42 Å². The van der Waals surface area contributed by atoms with E-state index in [-0.39, 0.29) is 11.6 Å². The van der Waals surface area contributed by atoms with E-state index in [2.05, 4.69) is 6.07 Å². The van der Waals surface area contributed by atoms with Crippen LogP contribution in [0.3, 0.4) is 0 Å². The maximum absolute atomic E-state index is 12.7. The number of nitro groups is 1. The number of allylic oxidation sites excluding steroid dienone is 1. The molecule has 0 unspecified atom stereocenters. The average Bonchev–Trinajstić information content (AvgIpc) is 3.36. The van der Waals surface area contributed by atoms with Gasteiger partial charge in [-0.25, -0.2) is 0 Å². The second-order valence-corrected chi connectivity index (χ2v) is 6.67. The minimum absolute atomic E-state index is 0.0178. The summed E-state index contributed by atoms with van der Waals surface area (Å²) < 4.78 is 7.21. The maximum Gasteiger partial charge on any atom is 0.269 e. The van der Waals surface area contributed by atoms with Gasteiger partial charge in [-0.3, -0.25) is 19.5 Å². The highest BCUT2D eigenvalue weighted by Crippen LogP contribution is 2.29. The van der Waals surface area contributed by atoms with Crippen molar-refractivity contribution in [3.8, 4) is 17.4 Å². The molecule has 0 spiro atoms. The van der Waals surface area contributed by atoms with Gasteiger partial charge in [0.05, 0.1) is 16.0 Å². The normalized spacial score (nSPS) is 11.1. The molecule has 0 saturated carbocycles. The largest absolute Gasteiger partial charge is 0.457 e. The van der Waals surface area contributed by atoms with E-state index in [9.17, 15) is 20.2 Å². The number of rotatable bonds is 4. The van der Waals surface area contributed by atoms with Crippen LogP contribution in [0.1, 0.15) is 21.7 Å². The van der Waals surface area contributed by atoms with E-state index in [0.717, 1.165) is 10.9 Å². The minimum Gasteiger partial charge on any atom is -0.457 e. The Morgan fingerprint density at radius 1 is 1.20 bits per heavy atom. The molecule has 30 heavy (non-hydrogen) atoms. The fraction of sp³-hybridized carbons (Fsp3) is 0.0435. The predicted molar refractivity (Wildman–Crippen MR) is 112 cm³/mol. The number of carbonyl (C=O) groups excluding carboxylic acids is 1. The molecule has 2 aromatic carbocycles. The fourth-order valence-electron chi connectivity index (χ4n) is 3.31. The zero-order valence-electron chi connectivity index (χ0n) is 15.9. The number of furan rings is 1. The third-order valence-corrected chi connectivity index (χ3v) is 4.77. The third-order valence-electron chi connectivity index (χ3n) is 4.77. The lowest BCUT2D eigenvalue weighted by atomic mass is 10.1. The second kappa shape index (κ2) is 7.53. The molecule has 0 aliphatic heterocycles. The summed E-state index contributed by atoms with van der Waals surface area (Å²) in [6.45, 7) is 1.77. The smallest absolute Gasteiger partial charge is 0.269 e. The summed E-state index contributed by atoms with van der Waals surface area (Å²) in [4.78, 5) is 23.1. The summed E-state index contributed by atoms with van der Waals surface area (Å²) in [7, 11) is 0. The van der Waals surface area contributed by atoms with Gasteiger partial charge in [-0.1, -0.05) is 18.2 Å². The summed E-state index contributed by atoms with van der Waals surface area (Å²) in [5.41, 5.74) is 2.56. The first kappa shape index (κ1) is 18.9. The number of carbonyl (C=O) groups is 1. The van der Waals surface area contributed by atoms with Gasteiger partial charge in [0, 0.05) is 35.4 Å². The molecule has 2 heterocycles. The average molecular weight is 397 g/mol. The molecule has 0 bridgehead atoms. The number of fused-ring (bicyclic) bond motifs is 1. The van der Waals surface area contributed by atoms with Crippen LogP contribution in [0.2, 0.25) is 0 Å². The SMILES string of the molecule is Cc1cc([N+](=O)[O-])ccc1-c1ccc(/C=C/C(=O)n2cc(C#N)c3ccccc32)o1. The van der Waals surface area contributed by atoms with Gasteiger partial charge in [0.25, 0.3) is 11.6 Å². The highest BCUT2D eigenvalue weighted by molar-refractivity contribution is 6.01. The van der Waals surface area contributed by atoms with Crippen molar-refractivity contribution >= 4 is 28.6 Å². The Morgan fingerprint density at radius 2 is 2.00 bits per heavy atom. The lowest BCUT2D eigenvalue weighted by Gasteiger charge is -2.02. The number of aryl methyl sites for hydroxylation is 1. The summed E-state index contributed by atoms with van der Waals surface area (Å²) in [5, 5.41) is 20.9. The number of para-hydroxylation sites is 1. The lowest BCUT2D eigenvalue weighted by Crippen LogP contribution is -2.04. The molecule has 4 rings (SSSR count). The number of nitrogens with zero attached hydrogens (tertiary/aromatic N) is 3. The van der Waals surface area contributed by atoms with E-state index in [1.807, 2.05) is 12.1 Å². The second-order valence-electron chi connectivity index (χ2n) is 6.67. The van der Waals surface area contributed by atoms with Crippen molar-refractivity contribution in [1.29, 1.82) is 5.26 Å². The first-order valence-corrected chi connectivity index (χ1v) is 9.06. The lowest BCUT2D eigenvalue weighted by molar-refractivity contribution is -0.384. The van der Waals surface area contributed by atoms with Gasteiger partial charge >= 0.3 is 0 Å². The van der Waals surface area contributed by atoms with Gasteiger partial charge < -0.3 is 4.42 Å². The number of benzene rings is 2. The molecule has 7 nitrogen and oxygen atoms in total. The Bertz CT molecular complexity index is 1370. The Kier molecular flexibility index (Phi) is 4.74. The molecule has 146 valence electrons. The Balaban J connectivity index is 1.60. The summed E-state index contributed by atoms with van der Waals surface area (Å²) in [6.07, 6.45) is 4.44. The van der Waals surface area contributed by atoms with E-state index >= 15 is 0 Å². The van der Waals surface area contributed by atoms with Crippen LogP contribution >= 0.6 is 0 Å². The van der Waals surface area contributed by atoms with Crippen LogP contribution in [0.5, 0.6) is 0 Å². The van der Waals surface area contributed by atoms with Crippen molar-refractivity contribution in [2.45, 2.75) is 6.92 Å². The van der Waals surface area contributed by atoms with Crippen LogP contribution in [-0.4, -0.2) is 15.4 Å². The fourth-order valence-corrected chi connectivity index (χ4v) is 3.31. The number of nitro benzene ring substituents is 1. The molecule has 0 saturated heterocycles. The number of non-ortho nitro benzene ring substituents is 1. The summed E-state index contributed by atoms with van der Waals surface area (Å²) in [5.74, 6) is 0.706. The molecule has 2 aromatic heterocycles. The van der Waals surface area contributed by atoms with Gasteiger partial charge in [0.1, 0.15) is 17.6 Å².